The van der Waals surface area contributed by atoms with Crippen LogP contribution in [0.15, 0.2) is 0 Å². The molecule has 0 spiro atoms. The number of hydrogen-bond donors (Lipinski definition) is 1. The van der Waals surface area contributed by atoms with Crippen molar-refractivity contribution in [1.29, 1.82) is 0 Å². The molecule has 0 aromatic heterocycles. The van der Waals surface area contributed by atoms with Gasteiger partial charge in [0.25, 0.3) is 5.92 Å². The van der Waals surface area contributed by atoms with Gasteiger partial charge in [0.05, 0.1) is 0 Å². The molecule has 1 fully saturated rings. The van der Waals surface area contributed by atoms with Crippen molar-refractivity contribution in [3.05, 3.63) is 0 Å². The van der Waals surface area contributed by atoms with Gasteiger partial charge in [-0.3, -0.25) is 0 Å². The minimum Gasteiger partial charge on any atom is -0.330 e. The third-order valence-electron chi connectivity index (χ3n) is 2.68. The van der Waals surface area contributed by atoms with E-state index in [9.17, 15) is 8.78 Å². The molecular weight excluding hydrogens is 148 g/mol. The fourth-order valence-corrected chi connectivity index (χ4v) is 1.73. The Labute approximate surface area is 66.0 Å². The predicted molar refractivity (Wildman–Crippen MR) is 40.5 cm³/mol. The van der Waals surface area contributed by atoms with Crippen LogP contribution < -0.4 is 5.73 Å². The second-order valence-corrected chi connectivity index (χ2v) is 3.44. The second-order valence-electron chi connectivity index (χ2n) is 3.44. The zero-order valence-corrected chi connectivity index (χ0v) is 6.82. The smallest absolute Gasteiger partial charge is 0.254 e. The molecule has 0 unspecified atom stereocenters. The molecule has 2 atom stereocenters. The van der Waals surface area contributed by atoms with E-state index in [1.165, 1.54) is 0 Å². The summed E-state index contributed by atoms with van der Waals surface area (Å²) in [6.45, 7) is 1.74. The van der Waals surface area contributed by atoms with Crippen LogP contribution in [0.25, 0.3) is 0 Å². The first-order chi connectivity index (χ1) is 5.09. The Morgan fingerprint density at radius 2 is 2.09 bits per heavy atom. The minimum absolute atomic E-state index is 0.122. The molecule has 0 amide bonds. The Bertz CT molecular complexity index is 136. The molecule has 0 aromatic carbocycles. The van der Waals surface area contributed by atoms with Crippen LogP contribution in [-0.4, -0.2) is 12.5 Å². The summed E-state index contributed by atoms with van der Waals surface area (Å²) in [5.41, 5.74) is 5.26. The third-order valence-corrected chi connectivity index (χ3v) is 2.68. The first-order valence-electron chi connectivity index (χ1n) is 4.17. The van der Waals surface area contributed by atoms with E-state index in [4.69, 9.17) is 5.73 Å². The largest absolute Gasteiger partial charge is 0.330 e. The fraction of sp³-hybridized carbons (Fsp3) is 1.00. The zero-order chi connectivity index (χ0) is 8.48. The van der Waals surface area contributed by atoms with E-state index in [0.29, 0.717) is 12.8 Å². The lowest BCUT2D eigenvalue weighted by molar-refractivity contribution is -0.122. The highest BCUT2D eigenvalue weighted by Gasteiger charge is 2.45. The summed E-state index contributed by atoms with van der Waals surface area (Å²) < 4.78 is 26.4. The Balaban J connectivity index is 2.64. The average molecular weight is 163 g/mol. The van der Waals surface area contributed by atoms with Gasteiger partial charge in [-0.2, -0.15) is 0 Å². The first-order valence-corrected chi connectivity index (χ1v) is 4.17. The van der Waals surface area contributed by atoms with Gasteiger partial charge in [0, 0.05) is 18.4 Å². The molecule has 0 aromatic rings. The maximum atomic E-state index is 13.2. The second kappa shape index (κ2) is 3.05. The van der Waals surface area contributed by atoms with Gasteiger partial charge in [-0.05, 0) is 12.8 Å². The highest BCUT2D eigenvalue weighted by molar-refractivity contribution is 4.86. The molecule has 1 aliphatic rings. The van der Waals surface area contributed by atoms with E-state index in [-0.39, 0.29) is 6.54 Å². The van der Waals surface area contributed by atoms with Gasteiger partial charge in [-0.25, -0.2) is 8.78 Å². The molecule has 66 valence electrons. The lowest BCUT2D eigenvalue weighted by Gasteiger charge is -2.35. The molecule has 0 bridgehead atoms. The Kier molecular flexibility index (Phi) is 2.47. The molecule has 0 radical (unpaired) electrons. The van der Waals surface area contributed by atoms with Gasteiger partial charge < -0.3 is 5.73 Å². The standard InChI is InChI=1S/C8H15F2N/c1-6-3-2-4-7(5-11)8(6,9)10/h6-7H,2-5,11H2,1H3/t6-,7-/m0/s1. The molecule has 1 rings (SSSR count). The van der Waals surface area contributed by atoms with E-state index in [0.717, 1.165) is 6.42 Å². The molecule has 1 nitrogen and oxygen atoms in total. The number of halogens is 2. The van der Waals surface area contributed by atoms with Crippen molar-refractivity contribution in [3.8, 4) is 0 Å². The van der Waals surface area contributed by atoms with Crippen LogP contribution in [0, 0.1) is 11.8 Å². The number of nitrogens with two attached hydrogens (primary N) is 1. The van der Waals surface area contributed by atoms with E-state index in [1.807, 2.05) is 0 Å². The summed E-state index contributed by atoms with van der Waals surface area (Å²) in [5, 5.41) is 0. The Morgan fingerprint density at radius 3 is 2.55 bits per heavy atom. The van der Waals surface area contributed by atoms with Gasteiger partial charge in [0.2, 0.25) is 0 Å². The molecule has 11 heavy (non-hydrogen) atoms. The number of rotatable bonds is 1. The van der Waals surface area contributed by atoms with Crippen LogP contribution in [0.1, 0.15) is 26.2 Å². The number of hydrogen-bond acceptors (Lipinski definition) is 1. The fourth-order valence-electron chi connectivity index (χ4n) is 1.73. The Morgan fingerprint density at radius 1 is 1.45 bits per heavy atom. The lowest BCUT2D eigenvalue weighted by Crippen LogP contribution is -2.42. The maximum Gasteiger partial charge on any atom is 0.254 e. The summed E-state index contributed by atoms with van der Waals surface area (Å²) in [6.07, 6.45) is 2.13. The molecule has 0 aliphatic heterocycles. The Hall–Kier alpha value is -0.180. The molecule has 2 N–H and O–H groups in total. The van der Waals surface area contributed by atoms with Gasteiger partial charge in [-0.15, -0.1) is 0 Å². The summed E-state index contributed by atoms with van der Waals surface area (Å²) in [4.78, 5) is 0. The van der Waals surface area contributed by atoms with Crippen molar-refractivity contribution in [2.75, 3.05) is 6.54 Å². The van der Waals surface area contributed by atoms with Gasteiger partial charge >= 0.3 is 0 Å². The van der Waals surface area contributed by atoms with Crippen LogP contribution >= 0.6 is 0 Å². The van der Waals surface area contributed by atoms with Crippen LogP contribution in [0.2, 0.25) is 0 Å². The highest BCUT2D eigenvalue weighted by atomic mass is 19.3. The van der Waals surface area contributed by atoms with Crippen LogP contribution in [0.3, 0.4) is 0 Å². The monoisotopic (exact) mass is 163 g/mol. The predicted octanol–water partition coefficient (Wildman–Crippen LogP) is 2.02. The molecule has 0 heterocycles. The average Bonchev–Trinajstić information content (AvgIpc) is 1.95. The molecular formula is C8H15F2N. The van der Waals surface area contributed by atoms with Gasteiger partial charge in [0.15, 0.2) is 0 Å². The van der Waals surface area contributed by atoms with Gasteiger partial charge in [-0.1, -0.05) is 13.3 Å². The van der Waals surface area contributed by atoms with E-state index in [2.05, 4.69) is 0 Å². The lowest BCUT2D eigenvalue weighted by atomic mass is 9.79. The van der Waals surface area contributed by atoms with Gasteiger partial charge in [0.1, 0.15) is 0 Å². The van der Waals surface area contributed by atoms with Crippen molar-refractivity contribution in [2.24, 2.45) is 17.6 Å². The maximum absolute atomic E-state index is 13.2. The highest BCUT2D eigenvalue weighted by Crippen LogP contribution is 2.41. The molecule has 0 saturated heterocycles. The summed E-state index contributed by atoms with van der Waals surface area (Å²) in [6, 6.07) is 0. The summed E-state index contributed by atoms with van der Waals surface area (Å²) in [7, 11) is 0. The van der Waals surface area contributed by atoms with Crippen LogP contribution in [-0.2, 0) is 0 Å². The van der Waals surface area contributed by atoms with Crippen LogP contribution in [0.4, 0.5) is 8.78 Å². The normalized spacial score (nSPS) is 37.1. The number of alkyl halides is 2. The van der Waals surface area contributed by atoms with Crippen molar-refractivity contribution in [3.63, 3.8) is 0 Å². The van der Waals surface area contributed by atoms with Crippen molar-refractivity contribution in [1.82, 2.24) is 0 Å². The van der Waals surface area contributed by atoms with E-state index >= 15 is 0 Å². The quantitative estimate of drug-likeness (QED) is 0.628. The van der Waals surface area contributed by atoms with Crippen LogP contribution in [0.5, 0.6) is 0 Å². The van der Waals surface area contributed by atoms with Crippen molar-refractivity contribution >= 4 is 0 Å². The SMILES string of the molecule is C[C@H]1CCC[C@@H](CN)C1(F)F. The molecule has 1 saturated carbocycles. The van der Waals surface area contributed by atoms with Crippen molar-refractivity contribution < 1.29 is 8.78 Å². The van der Waals surface area contributed by atoms with Crippen molar-refractivity contribution in [2.45, 2.75) is 32.1 Å². The minimum atomic E-state index is -2.52. The topological polar surface area (TPSA) is 26.0 Å². The third kappa shape index (κ3) is 1.53. The molecule has 1 aliphatic carbocycles. The zero-order valence-electron chi connectivity index (χ0n) is 6.82. The van der Waals surface area contributed by atoms with E-state index in [1.54, 1.807) is 6.92 Å². The van der Waals surface area contributed by atoms with E-state index < -0.39 is 17.8 Å². The summed E-state index contributed by atoms with van der Waals surface area (Å²) in [5.74, 6) is -3.58. The molecule has 3 heteroatoms. The first kappa shape index (κ1) is 8.91. The summed E-state index contributed by atoms with van der Waals surface area (Å²) >= 11 is 0.